The quantitative estimate of drug-likeness (QED) is 0.615. The number of aromatic nitrogens is 1. The molecule has 2 amide bonds. The summed E-state index contributed by atoms with van der Waals surface area (Å²) in [5.74, 6) is -0.233. The van der Waals surface area contributed by atoms with Crippen molar-refractivity contribution in [2.45, 2.75) is 5.92 Å². The van der Waals surface area contributed by atoms with Gasteiger partial charge in [-0.05, 0) is 28.8 Å². The molecule has 0 aliphatic carbocycles. The van der Waals surface area contributed by atoms with Crippen LogP contribution in [0.15, 0.2) is 67.0 Å². The maximum absolute atomic E-state index is 12.6. The zero-order valence-corrected chi connectivity index (χ0v) is 14.5. The topological polar surface area (TPSA) is 74.0 Å². The number of fused-ring (bicyclic) bond motifs is 2. The summed E-state index contributed by atoms with van der Waals surface area (Å²) in [5.41, 5.74) is 6.10. The molecule has 2 aliphatic heterocycles. The van der Waals surface area contributed by atoms with Crippen LogP contribution >= 0.6 is 0 Å². The predicted molar refractivity (Wildman–Crippen MR) is 104 cm³/mol. The fraction of sp³-hybridized carbons (Fsp3) is 0.0909. The van der Waals surface area contributed by atoms with Crippen LogP contribution in [0.5, 0.6) is 0 Å². The Balaban J connectivity index is 1.58. The van der Waals surface area contributed by atoms with Crippen molar-refractivity contribution in [2.24, 2.45) is 0 Å². The van der Waals surface area contributed by atoms with E-state index >= 15 is 0 Å². The lowest BCUT2D eigenvalue weighted by molar-refractivity contribution is -0.110. The molecule has 0 fully saturated rings. The van der Waals surface area contributed by atoms with E-state index < -0.39 is 0 Å². The van der Waals surface area contributed by atoms with Gasteiger partial charge in [-0.1, -0.05) is 42.5 Å². The van der Waals surface area contributed by atoms with Crippen molar-refractivity contribution in [2.75, 3.05) is 11.9 Å². The number of rotatable bonds is 2. The molecule has 0 saturated heterocycles. The van der Waals surface area contributed by atoms with Gasteiger partial charge in [-0.3, -0.25) is 9.59 Å². The minimum Gasteiger partial charge on any atom is -0.367 e. The van der Waals surface area contributed by atoms with Crippen molar-refractivity contribution in [3.63, 3.8) is 0 Å². The van der Waals surface area contributed by atoms with Crippen LogP contribution in [-0.4, -0.2) is 23.3 Å². The molecule has 27 heavy (non-hydrogen) atoms. The van der Waals surface area contributed by atoms with E-state index in [1.165, 1.54) is 0 Å². The highest BCUT2D eigenvalue weighted by Gasteiger charge is 2.29. The Bertz CT molecular complexity index is 1100. The lowest BCUT2D eigenvalue weighted by Crippen LogP contribution is -2.33. The highest BCUT2D eigenvalue weighted by molar-refractivity contribution is 6.31. The van der Waals surface area contributed by atoms with E-state index in [0.29, 0.717) is 17.7 Å². The maximum Gasteiger partial charge on any atom is 0.256 e. The number of carbonyl (C=O) groups excluding carboxylic acids is 2. The summed E-state index contributed by atoms with van der Waals surface area (Å²) in [7, 11) is 0. The summed E-state index contributed by atoms with van der Waals surface area (Å²) in [6.07, 6.45) is 5.50. The highest BCUT2D eigenvalue weighted by atomic mass is 16.2. The third kappa shape index (κ3) is 2.56. The van der Waals surface area contributed by atoms with Gasteiger partial charge in [0, 0.05) is 41.7 Å². The molecule has 1 unspecified atom stereocenters. The molecule has 2 aliphatic rings. The van der Waals surface area contributed by atoms with Crippen LogP contribution in [0.25, 0.3) is 16.7 Å². The van der Waals surface area contributed by atoms with E-state index in [4.69, 9.17) is 0 Å². The summed E-state index contributed by atoms with van der Waals surface area (Å²) in [6, 6.07) is 16.1. The van der Waals surface area contributed by atoms with Crippen LogP contribution < -0.4 is 10.6 Å². The average Bonchev–Trinajstić information content (AvgIpc) is 3.30. The number of hydrogen-bond donors (Lipinski definition) is 3. The number of carbonyl (C=O) groups is 2. The molecule has 1 atom stereocenters. The summed E-state index contributed by atoms with van der Waals surface area (Å²) in [6.45, 7) is 0.480. The van der Waals surface area contributed by atoms with Gasteiger partial charge in [0.1, 0.15) is 0 Å². The molecular weight excluding hydrogens is 338 g/mol. The van der Waals surface area contributed by atoms with Gasteiger partial charge >= 0.3 is 0 Å². The molecule has 2 aromatic carbocycles. The molecule has 5 rings (SSSR count). The van der Waals surface area contributed by atoms with Crippen molar-refractivity contribution >= 4 is 23.1 Å². The van der Waals surface area contributed by atoms with Gasteiger partial charge in [0.05, 0.1) is 5.56 Å². The van der Waals surface area contributed by atoms with Crippen LogP contribution in [0, 0.1) is 0 Å². The fourth-order valence-electron chi connectivity index (χ4n) is 3.80. The van der Waals surface area contributed by atoms with Gasteiger partial charge in [-0.25, -0.2) is 0 Å². The van der Waals surface area contributed by atoms with Crippen LogP contribution in [0.3, 0.4) is 0 Å². The van der Waals surface area contributed by atoms with Gasteiger partial charge in [-0.15, -0.1) is 0 Å². The van der Waals surface area contributed by atoms with Gasteiger partial charge in [-0.2, -0.15) is 0 Å². The zero-order chi connectivity index (χ0) is 18.4. The normalized spacial score (nSPS) is 19.4. The molecule has 5 heteroatoms. The van der Waals surface area contributed by atoms with Crippen molar-refractivity contribution in [1.82, 2.24) is 10.3 Å². The van der Waals surface area contributed by atoms with Crippen LogP contribution in [0.2, 0.25) is 0 Å². The highest BCUT2D eigenvalue weighted by Crippen LogP contribution is 2.37. The minimum atomic E-state index is -0.107. The van der Waals surface area contributed by atoms with E-state index in [2.05, 4.69) is 27.8 Å². The molecule has 3 aromatic rings. The van der Waals surface area contributed by atoms with Gasteiger partial charge in [0.15, 0.2) is 0 Å². The summed E-state index contributed by atoms with van der Waals surface area (Å²) in [5, 5.41) is 5.83. The molecule has 3 N–H and O–H groups in total. The Kier molecular flexibility index (Phi) is 3.47. The number of amides is 2. The first kappa shape index (κ1) is 15.6. The molecule has 1 aromatic heterocycles. The van der Waals surface area contributed by atoms with Crippen molar-refractivity contribution in [3.8, 4) is 11.1 Å². The zero-order valence-electron chi connectivity index (χ0n) is 14.5. The third-order valence-corrected chi connectivity index (χ3v) is 5.18. The first-order valence-corrected chi connectivity index (χ1v) is 8.88. The van der Waals surface area contributed by atoms with E-state index in [0.717, 1.165) is 27.9 Å². The third-order valence-electron chi connectivity index (χ3n) is 5.18. The van der Waals surface area contributed by atoms with Crippen molar-refractivity contribution < 1.29 is 9.59 Å². The number of aromatic amines is 1. The van der Waals surface area contributed by atoms with Gasteiger partial charge in [0.25, 0.3) is 11.8 Å². The molecule has 3 heterocycles. The second kappa shape index (κ2) is 5.99. The van der Waals surface area contributed by atoms with Crippen LogP contribution in [-0.2, 0) is 4.79 Å². The summed E-state index contributed by atoms with van der Waals surface area (Å²) < 4.78 is 0. The van der Waals surface area contributed by atoms with Crippen LogP contribution in [0.1, 0.15) is 27.4 Å². The lowest BCUT2D eigenvalue weighted by atomic mass is 9.90. The number of anilines is 1. The summed E-state index contributed by atoms with van der Waals surface area (Å²) >= 11 is 0. The van der Waals surface area contributed by atoms with E-state index in [-0.39, 0.29) is 17.7 Å². The molecular formula is C22H17N3O2. The standard InChI is InChI=1S/C22H17N3O2/c26-21-19-12-23-11-18(19)15(10-24-21)9-17-16-8-14(13-4-2-1-3-5-13)6-7-20(16)25-22(17)27/h1-9,11-12,15,23H,10H2,(H,24,26)(H,25,27). The summed E-state index contributed by atoms with van der Waals surface area (Å²) in [4.78, 5) is 27.6. The predicted octanol–water partition coefficient (Wildman–Crippen LogP) is 3.54. The smallest absolute Gasteiger partial charge is 0.256 e. The molecule has 5 nitrogen and oxygen atoms in total. The van der Waals surface area contributed by atoms with E-state index in [9.17, 15) is 9.59 Å². The Morgan fingerprint density at radius 3 is 2.59 bits per heavy atom. The average molecular weight is 355 g/mol. The number of hydrogen-bond acceptors (Lipinski definition) is 2. The Morgan fingerprint density at radius 1 is 0.889 bits per heavy atom. The van der Waals surface area contributed by atoms with E-state index in [1.54, 1.807) is 6.20 Å². The van der Waals surface area contributed by atoms with Crippen molar-refractivity contribution in [1.29, 1.82) is 0 Å². The second-order valence-corrected chi connectivity index (χ2v) is 6.80. The maximum atomic E-state index is 12.6. The lowest BCUT2D eigenvalue weighted by Gasteiger charge is -2.20. The Hall–Kier alpha value is -3.60. The largest absolute Gasteiger partial charge is 0.367 e. The molecule has 132 valence electrons. The first-order chi connectivity index (χ1) is 13.2. The van der Waals surface area contributed by atoms with Crippen molar-refractivity contribution in [3.05, 3.63) is 83.7 Å². The second-order valence-electron chi connectivity index (χ2n) is 6.80. The molecule has 0 spiro atoms. The number of nitrogens with one attached hydrogen (secondary N) is 3. The van der Waals surface area contributed by atoms with E-state index in [1.807, 2.05) is 48.7 Å². The minimum absolute atomic E-state index is 0.0453. The van der Waals surface area contributed by atoms with Gasteiger partial charge < -0.3 is 15.6 Å². The number of benzene rings is 2. The molecule has 0 saturated carbocycles. The monoisotopic (exact) mass is 355 g/mol. The van der Waals surface area contributed by atoms with Crippen LogP contribution in [0.4, 0.5) is 5.69 Å². The Morgan fingerprint density at radius 2 is 1.74 bits per heavy atom. The first-order valence-electron chi connectivity index (χ1n) is 8.88. The molecule has 0 bridgehead atoms. The number of H-pyrrole nitrogens is 1. The van der Waals surface area contributed by atoms with Gasteiger partial charge in [0.2, 0.25) is 0 Å². The SMILES string of the molecule is O=C1Nc2ccc(-c3ccccc3)cc2C1=CC1CNC(=O)c2c[nH]cc21. The molecule has 0 radical (unpaired) electrons. The fourth-order valence-corrected chi connectivity index (χ4v) is 3.80. The Labute approximate surface area is 156 Å².